The van der Waals surface area contributed by atoms with Crippen molar-refractivity contribution in [1.82, 2.24) is 19.9 Å². The molecule has 1 N–H and O–H groups in total. The van der Waals surface area contributed by atoms with Crippen molar-refractivity contribution in [2.75, 3.05) is 5.32 Å². The van der Waals surface area contributed by atoms with E-state index in [2.05, 4.69) is 25.3 Å². The molecule has 0 saturated heterocycles. The molecule has 1 amide bonds. The first-order chi connectivity index (χ1) is 11.6. The van der Waals surface area contributed by atoms with E-state index in [0.29, 0.717) is 22.4 Å². The summed E-state index contributed by atoms with van der Waals surface area (Å²) in [5.74, 6) is 0.857. The molecule has 0 saturated carbocycles. The Labute approximate surface area is 144 Å². The van der Waals surface area contributed by atoms with Crippen molar-refractivity contribution < 1.29 is 4.79 Å². The molecule has 0 spiro atoms. The molecule has 0 bridgehead atoms. The van der Waals surface area contributed by atoms with Crippen LogP contribution in [0.4, 0.5) is 5.95 Å². The highest BCUT2D eigenvalue weighted by Gasteiger charge is 2.11. The first-order valence-electron chi connectivity index (χ1n) is 7.29. The van der Waals surface area contributed by atoms with Crippen LogP contribution >= 0.6 is 11.6 Å². The Balaban J connectivity index is 1.79. The number of rotatable bonds is 4. The van der Waals surface area contributed by atoms with Crippen LogP contribution in [0, 0.1) is 6.92 Å². The summed E-state index contributed by atoms with van der Waals surface area (Å²) in [4.78, 5) is 29.1. The second-order valence-electron chi connectivity index (χ2n) is 5.06. The quantitative estimate of drug-likeness (QED) is 0.790. The Morgan fingerprint density at radius 1 is 1.08 bits per heavy atom. The molecule has 0 unspecified atom stereocenters. The lowest BCUT2D eigenvalue weighted by Crippen LogP contribution is -2.17. The van der Waals surface area contributed by atoms with Gasteiger partial charge in [0.05, 0.1) is 6.42 Å². The lowest BCUT2D eigenvalue weighted by atomic mass is 10.1. The van der Waals surface area contributed by atoms with Gasteiger partial charge < -0.3 is 0 Å². The number of benzene rings is 1. The first-order valence-corrected chi connectivity index (χ1v) is 7.67. The summed E-state index contributed by atoms with van der Waals surface area (Å²) in [6, 6.07) is 12.7. The summed E-state index contributed by atoms with van der Waals surface area (Å²) in [6.45, 7) is 1.73. The van der Waals surface area contributed by atoms with Crippen LogP contribution in [0.3, 0.4) is 0 Å². The number of nitrogens with zero attached hydrogens (tertiary/aromatic N) is 4. The van der Waals surface area contributed by atoms with Crippen LogP contribution in [-0.2, 0) is 11.2 Å². The number of hydrogen-bond acceptors (Lipinski definition) is 5. The molecule has 24 heavy (non-hydrogen) atoms. The van der Waals surface area contributed by atoms with Crippen molar-refractivity contribution in [3.63, 3.8) is 0 Å². The maximum absolute atomic E-state index is 12.2. The Morgan fingerprint density at radius 2 is 1.88 bits per heavy atom. The van der Waals surface area contributed by atoms with Crippen LogP contribution in [0.5, 0.6) is 0 Å². The molecule has 2 aromatic heterocycles. The fourth-order valence-corrected chi connectivity index (χ4v) is 2.33. The van der Waals surface area contributed by atoms with E-state index in [9.17, 15) is 4.79 Å². The molecule has 3 aromatic rings. The minimum atomic E-state index is -0.249. The molecule has 7 heteroatoms. The van der Waals surface area contributed by atoms with E-state index in [1.165, 1.54) is 0 Å². The molecular weight excluding hydrogens is 326 g/mol. The third kappa shape index (κ3) is 3.91. The Kier molecular flexibility index (Phi) is 4.77. The number of amides is 1. The van der Waals surface area contributed by atoms with E-state index in [1.54, 1.807) is 31.3 Å². The van der Waals surface area contributed by atoms with Gasteiger partial charge in [-0.25, -0.2) is 4.98 Å². The number of aromatic nitrogens is 4. The maximum atomic E-state index is 12.2. The molecule has 2 heterocycles. The topological polar surface area (TPSA) is 80.7 Å². The van der Waals surface area contributed by atoms with Crippen LogP contribution in [0.15, 0.2) is 48.7 Å². The van der Waals surface area contributed by atoms with Gasteiger partial charge in [-0.1, -0.05) is 35.9 Å². The monoisotopic (exact) mass is 339 g/mol. The smallest absolute Gasteiger partial charge is 0.233 e. The molecule has 0 radical (unpaired) electrons. The Morgan fingerprint density at radius 3 is 2.62 bits per heavy atom. The van der Waals surface area contributed by atoms with Gasteiger partial charge in [-0.15, -0.1) is 0 Å². The average molecular weight is 340 g/mol. The Bertz CT molecular complexity index is 870. The third-order valence-corrected chi connectivity index (χ3v) is 3.57. The van der Waals surface area contributed by atoms with Crippen molar-refractivity contribution in [3.8, 4) is 11.5 Å². The number of nitrogens with one attached hydrogen (secondary N) is 1. The SMILES string of the molecule is Cc1nc(NC(=O)Cc2ccccc2Cl)nc(-c2ccccn2)n1. The number of carbonyl (C=O) groups is 1. The van der Waals surface area contributed by atoms with Gasteiger partial charge in [0, 0.05) is 11.2 Å². The molecule has 6 nitrogen and oxygen atoms in total. The zero-order valence-corrected chi connectivity index (χ0v) is 13.7. The molecule has 0 aliphatic rings. The molecule has 0 fully saturated rings. The van der Waals surface area contributed by atoms with E-state index >= 15 is 0 Å². The number of pyridine rings is 1. The summed E-state index contributed by atoms with van der Waals surface area (Å²) in [7, 11) is 0. The summed E-state index contributed by atoms with van der Waals surface area (Å²) in [6.07, 6.45) is 1.80. The molecule has 0 aliphatic carbocycles. The highest BCUT2D eigenvalue weighted by Crippen LogP contribution is 2.16. The number of aryl methyl sites for hydroxylation is 1. The van der Waals surface area contributed by atoms with Crippen molar-refractivity contribution in [3.05, 3.63) is 65.1 Å². The molecule has 0 atom stereocenters. The van der Waals surface area contributed by atoms with Crippen LogP contribution in [0.1, 0.15) is 11.4 Å². The van der Waals surface area contributed by atoms with E-state index in [4.69, 9.17) is 11.6 Å². The number of anilines is 1. The minimum Gasteiger partial charge on any atom is -0.294 e. The predicted octanol–water partition coefficient (Wildman–Crippen LogP) is 3.08. The summed E-state index contributed by atoms with van der Waals surface area (Å²) < 4.78 is 0. The molecule has 120 valence electrons. The minimum absolute atomic E-state index is 0.142. The van der Waals surface area contributed by atoms with Gasteiger partial charge in [-0.05, 0) is 30.7 Å². The highest BCUT2D eigenvalue weighted by molar-refractivity contribution is 6.31. The van der Waals surface area contributed by atoms with Crippen LogP contribution in [-0.4, -0.2) is 25.8 Å². The number of hydrogen-bond donors (Lipinski definition) is 1. The number of halogens is 1. The fourth-order valence-electron chi connectivity index (χ4n) is 2.13. The van der Waals surface area contributed by atoms with E-state index in [0.717, 1.165) is 5.56 Å². The lowest BCUT2D eigenvalue weighted by molar-refractivity contribution is -0.115. The number of carbonyl (C=O) groups excluding carboxylic acids is 1. The normalized spacial score (nSPS) is 10.4. The zero-order chi connectivity index (χ0) is 16.9. The van der Waals surface area contributed by atoms with Crippen LogP contribution in [0.2, 0.25) is 5.02 Å². The van der Waals surface area contributed by atoms with Gasteiger partial charge >= 0.3 is 0 Å². The van der Waals surface area contributed by atoms with Crippen LogP contribution < -0.4 is 5.32 Å². The van der Waals surface area contributed by atoms with E-state index in [1.807, 2.05) is 24.3 Å². The predicted molar refractivity (Wildman–Crippen MR) is 91.6 cm³/mol. The molecule has 3 rings (SSSR count). The third-order valence-electron chi connectivity index (χ3n) is 3.20. The van der Waals surface area contributed by atoms with Gasteiger partial charge in [0.2, 0.25) is 11.9 Å². The van der Waals surface area contributed by atoms with Crippen molar-refractivity contribution in [1.29, 1.82) is 0 Å². The fraction of sp³-hybridized carbons (Fsp3) is 0.118. The molecule has 1 aromatic carbocycles. The summed E-state index contributed by atoms with van der Waals surface area (Å²) in [5, 5.41) is 3.23. The van der Waals surface area contributed by atoms with Gasteiger partial charge in [-0.3, -0.25) is 15.1 Å². The maximum Gasteiger partial charge on any atom is 0.233 e. The van der Waals surface area contributed by atoms with Crippen molar-refractivity contribution in [2.24, 2.45) is 0 Å². The van der Waals surface area contributed by atoms with Gasteiger partial charge in [-0.2, -0.15) is 9.97 Å². The lowest BCUT2D eigenvalue weighted by Gasteiger charge is -2.07. The van der Waals surface area contributed by atoms with Crippen LogP contribution in [0.25, 0.3) is 11.5 Å². The van der Waals surface area contributed by atoms with Crippen molar-refractivity contribution in [2.45, 2.75) is 13.3 Å². The average Bonchev–Trinajstić information content (AvgIpc) is 2.57. The standard InChI is InChI=1S/C17H14ClN5O/c1-11-20-16(14-8-4-5-9-19-14)23-17(21-11)22-15(24)10-12-6-2-3-7-13(12)18/h2-9H,10H2,1H3,(H,20,21,22,23,24). The Hall–Kier alpha value is -2.86. The molecular formula is C17H14ClN5O. The zero-order valence-electron chi connectivity index (χ0n) is 12.9. The largest absolute Gasteiger partial charge is 0.294 e. The second-order valence-corrected chi connectivity index (χ2v) is 5.47. The second kappa shape index (κ2) is 7.14. The first kappa shape index (κ1) is 16.0. The highest BCUT2D eigenvalue weighted by atomic mass is 35.5. The van der Waals surface area contributed by atoms with E-state index in [-0.39, 0.29) is 18.3 Å². The van der Waals surface area contributed by atoms with Gasteiger partial charge in [0.1, 0.15) is 11.5 Å². The van der Waals surface area contributed by atoms with Gasteiger partial charge in [0.15, 0.2) is 5.82 Å². The van der Waals surface area contributed by atoms with Gasteiger partial charge in [0.25, 0.3) is 0 Å². The van der Waals surface area contributed by atoms with E-state index < -0.39 is 0 Å². The molecule has 0 aliphatic heterocycles. The van der Waals surface area contributed by atoms with Crippen molar-refractivity contribution >= 4 is 23.5 Å². The summed E-state index contributed by atoms with van der Waals surface area (Å²) in [5.41, 5.74) is 1.36. The summed E-state index contributed by atoms with van der Waals surface area (Å²) >= 11 is 6.07.